The van der Waals surface area contributed by atoms with Gasteiger partial charge in [-0.2, -0.15) is 10.2 Å². The minimum atomic E-state index is -0.704. The van der Waals surface area contributed by atoms with Crippen LogP contribution in [0.2, 0.25) is 0 Å². The number of fused-ring (bicyclic) bond motifs is 1. The van der Waals surface area contributed by atoms with Gasteiger partial charge in [0.25, 0.3) is 11.8 Å². The fourth-order valence-corrected chi connectivity index (χ4v) is 7.94. The van der Waals surface area contributed by atoms with Crippen molar-refractivity contribution in [3.8, 4) is 0 Å². The van der Waals surface area contributed by atoms with Crippen LogP contribution in [0.25, 0.3) is 0 Å². The van der Waals surface area contributed by atoms with Gasteiger partial charge in [-0.3, -0.25) is 39.5 Å². The summed E-state index contributed by atoms with van der Waals surface area (Å²) in [7, 11) is 1.53. The number of piperidine rings is 1. The van der Waals surface area contributed by atoms with Gasteiger partial charge in [0.1, 0.15) is 0 Å². The molecule has 6 heterocycles. The third kappa shape index (κ3) is 7.92. The number of rotatable bonds is 10. The molecule has 4 aliphatic heterocycles. The first kappa shape index (κ1) is 36.3. The maximum Gasteiger partial charge on any atom is 0.329 e. The first-order valence-corrected chi connectivity index (χ1v) is 18.8. The molecule has 16 nitrogen and oxygen atoms in total. The number of hydrogen-bond acceptors (Lipinski definition) is 11. The Labute approximate surface area is 318 Å². The molecule has 0 spiro atoms. The van der Waals surface area contributed by atoms with E-state index in [1.54, 1.807) is 11.0 Å². The summed E-state index contributed by atoms with van der Waals surface area (Å²) < 4.78 is 5.55. The number of aromatic amines is 1. The quantitative estimate of drug-likeness (QED) is 0.218. The molecule has 8 rings (SSSR count). The van der Waals surface area contributed by atoms with E-state index in [0.717, 1.165) is 80.3 Å². The summed E-state index contributed by atoms with van der Waals surface area (Å²) in [4.78, 5) is 60.7. The second-order valence-corrected chi connectivity index (χ2v) is 14.4. The van der Waals surface area contributed by atoms with Crippen molar-refractivity contribution < 1.29 is 23.9 Å². The smallest absolute Gasteiger partial charge is 0.329 e. The molecule has 5 amide bonds. The van der Waals surface area contributed by atoms with Crippen molar-refractivity contribution in [2.75, 3.05) is 68.0 Å². The van der Waals surface area contributed by atoms with E-state index < -0.39 is 12.1 Å². The van der Waals surface area contributed by atoms with Crippen LogP contribution in [0.3, 0.4) is 0 Å². The first-order valence-electron chi connectivity index (χ1n) is 18.8. The summed E-state index contributed by atoms with van der Waals surface area (Å²) in [5, 5.41) is 21.2. The molecule has 0 bridgehead atoms. The van der Waals surface area contributed by atoms with Crippen LogP contribution < -0.4 is 20.4 Å². The van der Waals surface area contributed by atoms with E-state index in [1.165, 1.54) is 12.0 Å². The Morgan fingerprint density at radius 3 is 2.35 bits per heavy atom. The zero-order valence-corrected chi connectivity index (χ0v) is 30.8. The number of anilines is 3. The van der Waals surface area contributed by atoms with Gasteiger partial charge in [-0.1, -0.05) is 30.3 Å². The molecule has 2 aromatic carbocycles. The van der Waals surface area contributed by atoms with Crippen molar-refractivity contribution in [1.82, 2.24) is 40.4 Å². The fourth-order valence-electron chi connectivity index (χ4n) is 7.94. The van der Waals surface area contributed by atoms with E-state index >= 15 is 0 Å². The van der Waals surface area contributed by atoms with Crippen LogP contribution in [0, 0.1) is 0 Å². The van der Waals surface area contributed by atoms with E-state index in [9.17, 15) is 19.2 Å². The summed E-state index contributed by atoms with van der Waals surface area (Å²) >= 11 is 0. The van der Waals surface area contributed by atoms with Crippen molar-refractivity contribution in [2.24, 2.45) is 0 Å². The molecule has 0 unspecified atom stereocenters. The minimum absolute atomic E-state index is 0.142. The van der Waals surface area contributed by atoms with Gasteiger partial charge in [0.2, 0.25) is 5.91 Å². The summed E-state index contributed by atoms with van der Waals surface area (Å²) in [5.41, 5.74) is 4.89. The highest BCUT2D eigenvalue weighted by molar-refractivity contribution is 6.05. The predicted octanol–water partition coefficient (Wildman–Crippen LogP) is 2.91. The highest BCUT2D eigenvalue weighted by atomic mass is 16.5. The number of nitrogens with zero attached hydrogens (tertiary/aromatic N) is 8. The van der Waals surface area contributed by atoms with Crippen molar-refractivity contribution in [3.05, 3.63) is 94.8 Å². The molecular weight excluding hydrogens is 703 g/mol. The number of piperazine rings is 1. The summed E-state index contributed by atoms with van der Waals surface area (Å²) in [6.45, 7) is 7.49. The molecule has 3 saturated heterocycles. The van der Waals surface area contributed by atoms with Crippen LogP contribution in [0.15, 0.2) is 66.7 Å². The van der Waals surface area contributed by atoms with Gasteiger partial charge in [0.05, 0.1) is 24.5 Å². The van der Waals surface area contributed by atoms with Crippen molar-refractivity contribution in [1.29, 1.82) is 0 Å². The molecule has 0 radical (unpaired) electrons. The highest BCUT2D eigenvalue weighted by Gasteiger charge is 2.34. The van der Waals surface area contributed by atoms with Gasteiger partial charge in [0.15, 0.2) is 17.7 Å². The third-order valence-corrected chi connectivity index (χ3v) is 11.1. The average molecular weight is 748 g/mol. The molecule has 55 heavy (non-hydrogen) atoms. The molecule has 3 fully saturated rings. The van der Waals surface area contributed by atoms with E-state index in [1.807, 2.05) is 60.7 Å². The number of amides is 5. The Kier molecular flexibility index (Phi) is 10.5. The lowest BCUT2D eigenvalue weighted by Gasteiger charge is -2.43. The Bertz CT molecular complexity index is 2010. The topological polar surface area (TPSA) is 172 Å². The van der Waals surface area contributed by atoms with Crippen LogP contribution >= 0.6 is 0 Å². The van der Waals surface area contributed by atoms with Crippen LogP contribution in [0.4, 0.5) is 22.1 Å². The van der Waals surface area contributed by atoms with E-state index in [0.29, 0.717) is 49.4 Å². The monoisotopic (exact) mass is 747 g/mol. The van der Waals surface area contributed by atoms with E-state index in [-0.39, 0.29) is 24.1 Å². The van der Waals surface area contributed by atoms with E-state index in [4.69, 9.17) is 4.74 Å². The lowest BCUT2D eigenvalue weighted by atomic mass is 10.0. The molecule has 16 heteroatoms. The largest absolute Gasteiger partial charge is 0.371 e. The minimum Gasteiger partial charge on any atom is -0.371 e. The highest BCUT2D eigenvalue weighted by Crippen LogP contribution is 2.31. The molecule has 2 aromatic heterocycles. The zero-order chi connectivity index (χ0) is 37.9. The zero-order valence-electron chi connectivity index (χ0n) is 30.8. The van der Waals surface area contributed by atoms with Gasteiger partial charge < -0.3 is 19.9 Å². The molecule has 1 atom stereocenters. The lowest BCUT2D eigenvalue weighted by molar-refractivity contribution is -0.143. The number of aromatic nitrogens is 4. The molecule has 286 valence electrons. The molecule has 4 aliphatic rings. The average Bonchev–Trinajstić information content (AvgIpc) is 3.81. The number of carbonyl (C=O) groups is 4. The number of carbonyl (C=O) groups excluding carboxylic acids is 4. The number of ether oxygens (including phenoxy) is 1. The van der Waals surface area contributed by atoms with Crippen LogP contribution in [-0.2, 0) is 34.0 Å². The second kappa shape index (κ2) is 15.9. The van der Waals surface area contributed by atoms with Crippen LogP contribution in [0.5, 0.6) is 0 Å². The van der Waals surface area contributed by atoms with Gasteiger partial charge in [-0.15, -0.1) is 5.10 Å². The number of benzene rings is 2. The molecule has 4 aromatic rings. The maximum atomic E-state index is 13.3. The normalized spacial score (nSPS) is 19.0. The van der Waals surface area contributed by atoms with Gasteiger partial charge in [0, 0.05) is 88.7 Å². The number of H-pyrrole nitrogens is 1. The number of imide groups is 1. The standard InChI is InChI=1S/C39H45N11O5/c1-55-35(26-5-3-2-4-6-26)38(53)49-24-31-32(25-49)43-45-36(31)41-37(52)27-7-10-29(11-8-27)47-16-13-30(14-17-47)48-21-19-46(20-22-48)23-28-9-12-33(44-42-28)50-18-15-34(51)40-39(50)54/h2-12,30,35H,13-25H2,1H3,(H,40,51,54)(H2,41,43,45,52)/t35-/m1/s1. The first-order chi connectivity index (χ1) is 26.8. The van der Waals surface area contributed by atoms with Gasteiger partial charge in [-0.05, 0) is 54.8 Å². The Balaban J connectivity index is 0.777. The number of nitrogens with one attached hydrogen (secondary N) is 3. The predicted molar refractivity (Wildman–Crippen MR) is 203 cm³/mol. The number of hydrogen-bond donors (Lipinski definition) is 3. The third-order valence-electron chi connectivity index (χ3n) is 11.1. The van der Waals surface area contributed by atoms with Crippen molar-refractivity contribution in [2.45, 2.75) is 51.0 Å². The summed E-state index contributed by atoms with van der Waals surface area (Å²) in [6, 6.07) is 20.9. The SMILES string of the molecule is CO[C@@H](C(=O)N1Cc2[nH]nc(NC(=O)c3ccc(N4CCC(N5CCN(Cc6ccc(N7CCC(=O)NC7=O)nn6)CC5)CC4)cc3)c2C1)c1ccccc1. The summed E-state index contributed by atoms with van der Waals surface area (Å²) in [5.74, 6) is 0.215. The Morgan fingerprint density at radius 2 is 1.65 bits per heavy atom. The molecule has 3 N–H and O–H groups in total. The van der Waals surface area contributed by atoms with Crippen LogP contribution in [0.1, 0.15) is 58.2 Å². The van der Waals surface area contributed by atoms with Crippen molar-refractivity contribution in [3.63, 3.8) is 0 Å². The lowest BCUT2D eigenvalue weighted by Crippen LogP contribution is -2.53. The second-order valence-electron chi connectivity index (χ2n) is 14.4. The van der Waals surface area contributed by atoms with Gasteiger partial charge >= 0.3 is 6.03 Å². The fraction of sp³-hybridized carbons (Fsp3) is 0.410. The van der Waals surface area contributed by atoms with Crippen LogP contribution in [-0.4, -0.2) is 118 Å². The number of urea groups is 1. The molecule has 0 saturated carbocycles. The van der Waals surface area contributed by atoms with Crippen molar-refractivity contribution >= 4 is 41.1 Å². The molecule has 0 aliphatic carbocycles. The molecular formula is C39H45N11O5. The Morgan fingerprint density at radius 1 is 0.891 bits per heavy atom. The summed E-state index contributed by atoms with van der Waals surface area (Å²) in [6.07, 6.45) is 1.70. The Hall–Kier alpha value is -5.71. The number of methoxy groups -OCH3 is 1. The maximum absolute atomic E-state index is 13.3. The van der Waals surface area contributed by atoms with E-state index in [2.05, 4.69) is 45.7 Å². The van der Waals surface area contributed by atoms with Gasteiger partial charge in [-0.25, -0.2) is 4.79 Å².